The Morgan fingerprint density at radius 3 is 2.34 bits per heavy atom. The summed E-state index contributed by atoms with van der Waals surface area (Å²) in [5.41, 5.74) is 4.08. The van der Waals surface area contributed by atoms with E-state index < -0.39 is 0 Å². The lowest BCUT2D eigenvalue weighted by Crippen LogP contribution is -2.47. The Balaban J connectivity index is 1.39. The Hall–Kier alpha value is -2.63. The standard InChI is InChI=1S/C29H31ClN2O2S/c1-29(2,3)21-8-4-20(5-9-21)28(34)32(23-12-13-23)18-26(33)31-16-14-25-24(15-17-35-25)27(31)19-6-10-22(30)11-7-19/h4-11,15,17,23,27H,12-14,16,18H2,1-3H3. The van der Waals surface area contributed by atoms with Gasteiger partial charge < -0.3 is 9.80 Å². The first-order chi connectivity index (χ1) is 16.7. The van der Waals surface area contributed by atoms with Crippen LogP contribution < -0.4 is 0 Å². The highest BCUT2D eigenvalue weighted by atomic mass is 35.5. The second-order valence-corrected chi connectivity index (χ2v) is 12.0. The summed E-state index contributed by atoms with van der Waals surface area (Å²) in [6.45, 7) is 7.23. The van der Waals surface area contributed by atoms with Crippen molar-refractivity contribution in [1.29, 1.82) is 0 Å². The highest BCUT2D eigenvalue weighted by Crippen LogP contribution is 2.38. The van der Waals surface area contributed by atoms with Crippen molar-refractivity contribution in [1.82, 2.24) is 9.80 Å². The average Bonchev–Trinajstić information content (AvgIpc) is 3.57. The summed E-state index contributed by atoms with van der Waals surface area (Å²) >= 11 is 7.89. The van der Waals surface area contributed by atoms with Crippen molar-refractivity contribution >= 4 is 34.8 Å². The van der Waals surface area contributed by atoms with E-state index in [1.54, 1.807) is 16.2 Å². The summed E-state index contributed by atoms with van der Waals surface area (Å²) in [5, 5.41) is 2.78. The van der Waals surface area contributed by atoms with Crippen LogP contribution in [-0.4, -0.2) is 40.7 Å². The van der Waals surface area contributed by atoms with Crippen LogP contribution in [0.2, 0.25) is 5.02 Å². The van der Waals surface area contributed by atoms with Crippen LogP contribution in [0.5, 0.6) is 0 Å². The zero-order valence-electron chi connectivity index (χ0n) is 20.5. The van der Waals surface area contributed by atoms with E-state index in [9.17, 15) is 9.59 Å². The molecule has 0 bridgehead atoms. The molecule has 6 heteroatoms. The molecular weight excluding hydrogens is 476 g/mol. The molecule has 0 saturated heterocycles. The largest absolute Gasteiger partial charge is 0.330 e. The predicted molar refractivity (Wildman–Crippen MR) is 142 cm³/mol. The minimum atomic E-state index is -0.156. The maximum absolute atomic E-state index is 13.8. The molecule has 182 valence electrons. The van der Waals surface area contributed by atoms with E-state index in [4.69, 9.17) is 11.6 Å². The Labute approximate surface area is 216 Å². The number of benzene rings is 2. The summed E-state index contributed by atoms with van der Waals surface area (Å²) in [6, 6.07) is 17.7. The average molecular weight is 507 g/mol. The molecule has 0 N–H and O–H groups in total. The third-order valence-corrected chi connectivity index (χ3v) is 8.27. The van der Waals surface area contributed by atoms with E-state index in [1.165, 1.54) is 16.0 Å². The first-order valence-corrected chi connectivity index (χ1v) is 13.5. The molecule has 1 fully saturated rings. The molecule has 1 aromatic heterocycles. The highest BCUT2D eigenvalue weighted by Gasteiger charge is 2.38. The first kappa shape index (κ1) is 24.1. The summed E-state index contributed by atoms with van der Waals surface area (Å²) < 4.78 is 0. The van der Waals surface area contributed by atoms with Gasteiger partial charge in [0.05, 0.1) is 6.04 Å². The van der Waals surface area contributed by atoms with Crippen LogP contribution in [0.15, 0.2) is 60.0 Å². The molecule has 2 aromatic carbocycles. The monoisotopic (exact) mass is 506 g/mol. The summed E-state index contributed by atoms with van der Waals surface area (Å²) in [7, 11) is 0. The van der Waals surface area contributed by atoms with Crippen LogP contribution in [0.25, 0.3) is 0 Å². The summed E-state index contributed by atoms with van der Waals surface area (Å²) in [5.74, 6) is -0.0639. The Morgan fingerprint density at radius 2 is 1.71 bits per heavy atom. The summed E-state index contributed by atoms with van der Waals surface area (Å²) in [4.78, 5) is 32.3. The Kier molecular flexibility index (Phi) is 6.49. The van der Waals surface area contributed by atoms with Gasteiger partial charge in [0.25, 0.3) is 5.91 Å². The highest BCUT2D eigenvalue weighted by molar-refractivity contribution is 7.10. The van der Waals surface area contributed by atoms with Gasteiger partial charge in [0.1, 0.15) is 6.54 Å². The van der Waals surface area contributed by atoms with Crippen molar-refractivity contribution in [3.05, 3.63) is 92.1 Å². The number of fused-ring (bicyclic) bond motifs is 1. The fourth-order valence-corrected chi connectivity index (χ4v) is 5.89. The number of amides is 2. The fourth-order valence-electron chi connectivity index (χ4n) is 4.86. The van der Waals surface area contributed by atoms with Crippen LogP contribution in [-0.2, 0) is 16.6 Å². The van der Waals surface area contributed by atoms with Crippen molar-refractivity contribution in [2.24, 2.45) is 0 Å². The van der Waals surface area contributed by atoms with Gasteiger partial charge in [-0.05, 0) is 77.1 Å². The molecule has 1 aliphatic heterocycles. The maximum Gasteiger partial charge on any atom is 0.254 e. The number of carbonyl (C=O) groups excluding carboxylic acids is 2. The lowest BCUT2D eigenvalue weighted by molar-refractivity contribution is -0.134. The zero-order valence-corrected chi connectivity index (χ0v) is 22.0. The molecule has 5 rings (SSSR count). The minimum Gasteiger partial charge on any atom is -0.330 e. The lowest BCUT2D eigenvalue weighted by Gasteiger charge is -2.37. The molecule has 1 atom stereocenters. The summed E-state index contributed by atoms with van der Waals surface area (Å²) in [6.07, 6.45) is 2.75. The molecular formula is C29H31ClN2O2S. The number of halogens is 1. The van der Waals surface area contributed by atoms with Gasteiger partial charge in [0.15, 0.2) is 0 Å². The van der Waals surface area contributed by atoms with Gasteiger partial charge in [-0.25, -0.2) is 0 Å². The number of hydrogen-bond acceptors (Lipinski definition) is 3. The fraction of sp³-hybridized carbons (Fsp3) is 0.379. The number of carbonyl (C=O) groups is 2. The maximum atomic E-state index is 13.8. The second-order valence-electron chi connectivity index (χ2n) is 10.6. The van der Waals surface area contributed by atoms with Gasteiger partial charge >= 0.3 is 0 Å². The predicted octanol–water partition coefficient (Wildman–Crippen LogP) is 6.48. The molecule has 3 aromatic rings. The van der Waals surface area contributed by atoms with Crippen molar-refractivity contribution < 1.29 is 9.59 Å². The van der Waals surface area contributed by atoms with Gasteiger partial charge in [-0.3, -0.25) is 9.59 Å². The number of nitrogens with zero attached hydrogens (tertiary/aromatic N) is 2. The number of rotatable bonds is 5. The molecule has 2 aliphatic rings. The van der Waals surface area contributed by atoms with E-state index >= 15 is 0 Å². The van der Waals surface area contributed by atoms with E-state index in [1.807, 2.05) is 53.4 Å². The van der Waals surface area contributed by atoms with Crippen molar-refractivity contribution in [2.45, 2.75) is 57.5 Å². The van der Waals surface area contributed by atoms with E-state index in [0.29, 0.717) is 17.1 Å². The molecule has 0 radical (unpaired) electrons. The Morgan fingerprint density at radius 1 is 1.03 bits per heavy atom. The molecule has 1 saturated carbocycles. The molecule has 1 unspecified atom stereocenters. The van der Waals surface area contributed by atoms with Crippen molar-refractivity contribution in [2.75, 3.05) is 13.1 Å². The van der Waals surface area contributed by atoms with E-state index in [2.05, 4.69) is 32.2 Å². The third-order valence-electron chi connectivity index (χ3n) is 7.02. The zero-order chi connectivity index (χ0) is 24.7. The van der Waals surface area contributed by atoms with Gasteiger partial charge in [-0.2, -0.15) is 0 Å². The molecule has 1 aliphatic carbocycles. The van der Waals surface area contributed by atoms with Crippen LogP contribution >= 0.6 is 22.9 Å². The topological polar surface area (TPSA) is 40.6 Å². The van der Waals surface area contributed by atoms with Gasteiger partial charge in [-0.15, -0.1) is 11.3 Å². The van der Waals surface area contributed by atoms with E-state index in [0.717, 1.165) is 24.8 Å². The lowest BCUT2D eigenvalue weighted by atomic mass is 9.86. The molecule has 0 spiro atoms. The second kappa shape index (κ2) is 9.44. The number of thiophene rings is 1. The van der Waals surface area contributed by atoms with Gasteiger partial charge in [0.2, 0.25) is 5.91 Å². The molecule has 4 nitrogen and oxygen atoms in total. The van der Waals surface area contributed by atoms with Crippen LogP contribution in [0.4, 0.5) is 0 Å². The van der Waals surface area contributed by atoms with Crippen molar-refractivity contribution in [3.63, 3.8) is 0 Å². The third kappa shape index (κ3) is 5.03. The van der Waals surface area contributed by atoms with Crippen molar-refractivity contribution in [3.8, 4) is 0 Å². The van der Waals surface area contributed by atoms with Gasteiger partial charge in [-0.1, -0.05) is 56.6 Å². The quantitative estimate of drug-likeness (QED) is 0.397. The molecule has 2 amide bonds. The molecule has 35 heavy (non-hydrogen) atoms. The van der Waals surface area contributed by atoms with Crippen LogP contribution in [0, 0.1) is 0 Å². The Bertz CT molecular complexity index is 1220. The molecule has 2 heterocycles. The van der Waals surface area contributed by atoms with Crippen LogP contribution in [0.1, 0.15) is 71.6 Å². The number of hydrogen-bond donors (Lipinski definition) is 0. The van der Waals surface area contributed by atoms with E-state index in [-0.39, 0.29) is 35.9 Å². The normalized spacial score (nSPS) is 17.7. The van der Waals surface area contributed by atoms with Gasteiger partial charge in [0, 0.05) is 28.0 Å². The minimum absolute atomic E-state index is 0.00615. The smallest absolute Gasteiger partial charge is 0.254 e. The van der Waals surface area contributed by atoms with Crippen LogP contribution in [0.3, 0.4) is 0 Å². The first-order valence-electron chi connectivity index (χ1n) is 12.2. The SMILES string of the molecule is CC(C)(C)c1ccc(C(=O)N(CC(=O)N2CCc3sccc3C2c2ccc(Cl)cc2)C2CC2)cc1.